The number of ether oxygens (including phenoxy) is 1. The quantitative estimate of drug-likeness (QED) is 0.325. The van der Waals surface area contributed by atoms with Gasteiger partial charge < -0.3 is 20.5 Å². The molecule has 0 spiro atoms. The number of aliphatic hydroxyl groups is 1. The second-order valence-corrected chi connectivity index (χ2v) is 10.6. The maximum atomic E-state index is 14.1. The monoisotopic (exact) mass is 500 g/mol. The lowest BCUT2D eigenvalue weighted by Gasteiger charge is -2.27. The van der Waals surface area contributed by atoms with Crippen molar-refractivity contribution >= 4 is 39.0 Å². The number of aromatic nitrogens is 2. The highest BCUT2D eigenvalue weighted by Gasteiger charge is 2.23. The summed E-state index contributed by atoms with van der Waals surface area (Å²) in [4.78, 5) is 23.0. The Morgan fingerprint density at radius 3 is 2.77 bits per heavy atom. The number of carbonyl (C=O) groups excluding carboxylic acids is 1. The van der Waals surface area contributed by atoms with Crippen LogP contribution in [0.15, 0.2) is 24.5 Å². The van der Waals surface area contributed by atoms with Crippen LogP contribution >= 0.6 is 11.3 Å². The van der Waals surface area contributed by atoms with E-state index in [4.69, 9.17) is 4.74 Å². The number of carbonyl (C=O) groups is 1. The molecule has 188 valence electrons. The van der Waals surface area contributed by atoms with Crippen molar-refractivity contribution in [1.82, 2.24) is 15.3 Å². The van der Waals surface area contributed by atoms with Crippen LogP contribution in [-0.4, -0.2) is 39.7 Å². The lowest BCUT2D eigenvalue weighted by molar-refractivity contribution is 0.0668. The molecule has 35 heavy (non-hydrogen) atoms. The first-order valence-corrected chi connectivity index (χ1v) is 13.1. The molecule has 2 heterocycles. The fraction of sp³-hybridized carbons (Fsp3) is 0.500. The molecule has 0 aliphatic heterocycles. The number of halogens is 1. The average molecular weight is 501 g/mol. The van der Waals surface area contributed by atoms with Crippen molar-refractivity contribution in [3.05, 3.63) is 40.8 Å². The van der Waals surface area contributed by atoms with E-state index >= 15 is 0 Å². The van der Waals surface area contributed by atoms with Gasteiger partial charge in [-0.05, 0) is 69.1 Å². The SMILES string of the molecule is Cc1c(C(=O)NCCCC(C)C)sc2ncnc(Nc3ccc(F)cc3OC3CCC(O)CC3)c12. The summed E-state index contributed by atoms with van der Waals surface area (Å²) < 4.78 is 20.2. The lowest BCUT2D eigenvalue weighted by atomic mass is 9.95. The first-order valence-electron chi connectivity index (χ1n) is 12.3. The van der Waals surface area contributed by atoms with Crippen molar-refractivity contribution in [2.24, 2.45) is 5.92 Å². The van der Waals surface area contributed by atoms with Crippen molar-refractivity contribution < 1.29 is 19.0 Å². The van der Waals surface area contributed by atoms with Gasteiger partial charge >= 0.3 is 0 Å². The molecule has 4 rings (SSSR count). The molecule has 2 aromatic heterocycles. The zero-order chi connectivity index (χ0) is 24.9. The van der Waals surface area contributed by atoms with Crippen LogP contribution in [0.4, 0.5) is 15.9 Å². The Hall–Kier alpha value is -2.78. The number of benzene rings is 1. The molecule has 1 aromatic carbocycles. The van der Waals surface area contributed by atoms with Gasteiger partial charge in [0, 0.05) is 12.6 Å². The molecule has 1 aliphatic rings. The number of hydrogen-bond acceptors (Lipinski definition) is 7. The minimum atomic E-state index is -0.391. The highest BCUT2D eigenvalue weighted by atomic mass is 32.1. The van der Waals surface area contributed by atoms with Crippen molar-refractivity contribution in [2.45, 2.75) is 71.5 Å². The molecule has 9 heteroatoms. The molecule has 1 saturated carbocycles. The van der Waals surface area contributed by atoms with Gasteiger partial charge in [-0.15, -0.1) is 11.3 Å². The summed E-state index contributed by atoms with van der Waals surface area (Å²) in [5, 5.41) is 16.8. The van der Waals surface area contributed by atoms with Gasteiger partial charge in [-0.25, -0.2) is 14.4 Å². The van der Waals surface area contributed by atoms with Crippen LogP contribution in [0.3, 0.4) is 0 Å². The van der Waals surface area contributed by atoms with E-state index in [9.17, 15) is 14.3 Å². The van der Waals surface area contributed by atoms with Crippen molar-refractivity contribution in [1.29, 1.82) is 0 Å². The minimum absolute atomic E-state index is 0.0833. The number of hydrogen-bond donors (Lipinski definition) is 3. The van der Waals surface area contributed by atoms with Gasteiger partial charge in [0.15, 0.2) is 0 Å². The lowest BCUT2D eigenvalue weighted by Crippen LogP contribution is -2.26. The van der Waals surface area contributed by atoms with E-state index in [0.29, 0.717) is 65.1 Å². The standard InChI is InChI=1S/C26H33FN4O3S/c1-15(2)5-4-12-28-25(33)23-16(3)22-24(29-14-30-26(22)35-23)31-20-11-6-17(27)13-21(20)34-19-9-7-18(32)8-10-19/h6,11,13-15,18-19,32H,4-5,7-10,12H2,1-3H3,(H,28,33)(H,29,30,31). The van der Waals surface area contributed by atoms with E-state index in [1.807, 2.05) is 6.92 Å². The smallest absolute Gasteiger partial charge is 0.261 e. The molecule has 1 fully saturated rings. The number of aryl methyl sites for hydroxylation is 1. The minimum Gasteiger partial charge on any atom is -0.488 e. The Bertz CT molecular complexity index is 1170. The third kappa shape index (κ3) is 6.27. The Labute approximate surface area is 209 Å². The number of fused-ring (bicyclic) bond motifs is 1. The van der Waals surface area contributed by atoms with Gasteiger partial charge in [0.1, 0.15) is 28.5 Å². The van der Waals surface area contributed by atoms with Crippen molar-refractivity contribution in [3.63, 3.8) is 0 Å². The summed E-state index contributed by atoms with van der Waals surface area (Å²) in [6.07, 6.45) is 5.86. The summed E-state index contributed by atoms with van der Waals surface area (Å²) in [6, 6.07) is 4.36. The average Bonchev–Trinajstić information content (AvgIpc) is 3.17. The van der Waals surface area contributed by atoms with Gasteiger partial charge in [0.05, 0.1) is 28.2 Å². The largest absolute Gasteiger partial charge is 0.488 e. The van der Waals surface area contributed by atoms with E-state index in [1.165, 1.54) is 29.8 Å². The fourth-order valence-electron chi connectivity index (χ4n) is 4.34. The summed E-state index contributed by atoms with van der Waals surface area (Å²) in [6.45, 7) is 6.87. The Balaban J connectivity index is 1.55. The predicted molar refractivity (Wildman–Crippen MR) is 137 cm³/mol. The summed E-state index contributed by atoms with van der Waals surface area (Å²) in [5.41, 5.74) is 1.39. The number of anilines is 2. The van der Waals surface area contributed by atoms with E-state index in [0.717, 1.165) is 23.8 Å². The number of nitrogens with zero attached hydrogens (tertiary/aromatic N) is 2. The van der Waals surface area contributed by atoms with Crippen LogP contribution in [-0.2, 0) is 0 Å². The second-order valence-electron chi connectivity index (χ2n) is 9.56. The van der Waals surface area contributed by atoms with E-state index < -0.39 is 5.82 Å². The highest BCUT2D eigenvalue weighted by molar-refractivity contribution is 7.20. The van der Waals surface area contributed by atoms with Gasteiger partial charge in [-0.2, -0.15) is 0 Å². The molecule has 0 bridgehead atoms. The summed E-state index contributed by atoms with van der Waals surface area (Å²) in [5.74, 6) is 1.04. The van der Waals surface area contributed by atoms with Crippen molar-refractivity contribution in [3.8, 4) is 5.75 Å². The van der Waals surface area contributed by atoms with Crippen LogP contribution in [0.25, 0.3) is 10.2 Å². The molecule has 7 nitrogen and oxygen atoms in total. The molecule has 3 N–H and O–H groups in total. The molecule has 0 radical (unpaired) electrons. The first kappa shape index (κ1) is 25.3. The number of aliphatic hydroxyl groups excluding tert-OH is 1. The van der Waals surface area contributed by atoms with E-state index in [1.54, 1.807) is 6.07 Å². The van der Waals surface area contributed by atoms with Crippen LogP contribution in [0.1, 0.15) is 67.6 Å². The number of rotatable bonds is 9. The second kappa shape index (κ2) is 11.3. The molecule has 3 aromatic rings. The number of nitrogens with one attached hydrogen (secondary N) is 2. The molecule has 1 amide bonds. The highest BCUT2D eigenvalue weighted by Crippen LogP contribution is 2.37. The van der Waals surface area contributed by atoms with Gasteiger partial charge in [0.2, 0.25) is 0 Å². The third-order valence-electron chi connectivity index (χ3n) is 6.31. The number of thiophene rings is 1. The molecule has 0 atom stereocenters. The van der Waals surface area contributed by atoms with Crippen LogP contribution in [0.5, 0.6) is 5.75 Å². The predicted octanol–water partition coefficient (Wildman–Crippen LogP) is 5.73. The Kier molecular flexibility index (Phi) is 8.18. The first-order chi connectivity index (χ1) is 16.8. The fourth-order valence-corrected chi connectivity index (χ4v) is 5.41. The normalized spacial score (nSPS) is 18.1. The van der Waals surface area contributed by atoms with Crippen LogP contribution < -0.4 is 15.4 Å². The van der Waals surface area contributed by atoms with Crippen LogP contribution in [0, 0.1) is 18.7 Å². The zero-order valence-corrected chi connectivity index (χ0v) is 21.3. The molecular weight excluding hydrogens is 467 g/mol. The maximum absolute atomic E-state index is 14.1. The Morgan fingerprint density at radius 1 is 1.26 bits per heavy atom. The zero-order valence-electron chi connectivity index (χ0n) is 20.4. The maximum Gasteiger partial charge on any atom is 0.261 e. The Morgan fingerprint density at radius 2 is 2.03 bits per heavy atom. The summed E-state index contributed by atoms with van der Waals surface area (Å²) >= 11 is 1.34. The number of amides is 1. The third-order valence-corrected chi connectivity index (χ3v) is 7.51. The summed E-state index contributed by atoms with van der Waals surface area (Å²) in [7, 11) is 0. The van der Waals surface area contributed by atoms with Crippen molar-refractivity contribution in [2.75, 3.05) is 11.9 Å². The van der Waals surface area contributed by atoms with Gasteiger partial charge in [-0.3, -0.25) is 4.79 Å². The molecule has 0 saturated heterocycles. The van der Waals surface area contributed by atoms with Crippen LogP contribution in [0.2, 0.25) is 0 Å². The topological polar surface area (TPSA) is 96.4 Å². The molecular formula is C26H33FN4O3S. The van der Waals surface area contributed by atoms with E-state index in [2.05, 4.69) is 34.4 Å². The molecule has 1 aliphatic carbocycles. The molecule has 0 unspecified atom stereocenters. The van der Waals surface area contributed by atoms with Gasteiger partial charge in [0.25, 0.3) is 5.91 Å². The van der Waals surface area contributed by atoms with E-state index in [-0.39, 0.29) is 18.1 Å². The van der Waals surface area contributed by atoms with Gasteiger partial charge in [-0.1, -0.05) is 13.8 Å².